The number of nitrogens with one attached hydrogen (secondary N) is 1. The minimum atomic E-state index is -3.69. The first-order valence-electron chi connectivity index (χ1n) is 13.0. The number of likely N-dealkylation sites (tertiary alicyclic amines) is 1. The molecule has 1 aliphatic heterocycles. The SMILES string of the molecule is CN(C(=O)C=Cc1ccc(S(C)(=O)=O)cc1)c1ccc(S(=O)(=O)NC2CCN(CCc3cccnc3)CC2)cc1. The lowest BCUT2D eigenvalue weighted by Crippen LogP contribution is -2.45. The molecule has 11 heteroatoms. The van der Waals surface area contributed by atoms with Crippen LogP contribution in [0.4, 0.5) is 5.69 Å². The molecule has 4 rings (SSSR count). The smallest absolute Gasteiger partial charge is 0.250 e. The lowest BCUT2D eigenvalue weighted by Gasteiger charge is -2.32. The number of sulfone groups is 1. The Morgan fingerprint density at radius 3 is 2.25 bits per heavy atom. The molecule has 0 bridgehead atoms. The quantitative estimate of drug-likeness (QED) is 0.365. The fraction of sp³-hybridized carbons (Fsp3) is 0.310. The molecule has 0 unspecified atom stereocenters. The average molecular weight is 583 g/mol. The van der Waals surface area contributed by atoms with E-state index >= 15 is 0 Å². The molecule has 1 fully saturated rings. The molecule has 0 saturated carbocycles. The molecule has 212 valence electrons. The zero-order valence-electron chi connectivity index (χ0n) is 22.6. The van der Waals surface area contributed by atoms with Gasteiger partial charge in [0.15, 0.2) is 9.84 Å². The Bertz CT molecular complexity index is 1530. The maximum atomic E-state index is 13.0. The molecular formula is C29H34N4O5S2. The molecule has 1 N–H and O–H groups in total. The van der Waals surface area contributed by atoms with Gasteiger partial charge in [0.1, 0.15) is 0 Å². The molecule has 1 aromatic heterocycles. The van der Waals surface area contributed by atoms with E-state index in [0.717, 1.165) is 45.2 Å². The molecule has 1 saturated heterocycles. The number of carbonyl (C=O) groups excluding carboxylic acids is 1. The minimum absolute atomic E-state index is 0.125. The zero-order chi connectivity index (χ0) is 28.8. The first kappa shape index (κ1) is 29.6. The van der Waals surface area contributed by atoms with Crippen LogP contribution < -0.4 is 9.62 Å². The van der Waals surface area contributed by atoms with Crippen molar-refractivity contribution < 1.29 is 21.6 Å². The summed E-state index contributed by atoms with van der Waals surface area (Å²) in [6.45, 7) is 2.58. The van der Waals surface area contributed by atoms with Gasteiger partial charge in [0, 0.05) is 50.0 Å². The molecule has 0 radical (unpaired) electrons. The van der Waals surface area contributed by atoms with Crippen molar-refractivity contribution in [3.63, 3.8) is 0 Å². The lowest BCUT2D eigenvalue weighted by molar-refractivity contribution is -0.113. The number of likely N-dealkylation sites (N-methyl/N-ethyl adjacent to an activating group) is 1. The second-order valence-electron chi connectivity index (χ2n) is 9.91. The maximum Gasteiger partial charge on any atom is 0.250 e. The highest BCUT2D eigenvalue weighted by Gasteiger charge is 2.25. The zero-order valence-corrected chi connectivity index (χ0v) is 24.2. The first-order chi connectivity index (χ1) is 19.0. The summed E-state index contributed by atoms with van der Waals surface area (Å²) in [7, 11) is -5.38. The third kappa shape index (κ3) is 8.07. The maximum absolute atomic E-state index is 13.0. The Kier molecular flexibility index (Phi) is 9.52. The summed E-state index contributed by atoms with van der Waals surface area (Å²) in [5, 5.41) is 0. The van der Waals surface area contributed by atoms with Gasteiger partial charge in [-0.2, -0.15) is 0 Å². The van der Waals surface area contributed by atoms with Gasteiger partial charge in [-0.25, -0.2) is 21.6 Å². The van der Waals surface area contributed by atoms with Crippen LogP contribution in [0.3, 0.4) is 0 Å². The highest BCUT2D eigenvalue weighted by atomic mass is 32.2. The first-order valence-corrected chi connectivity index (χ1v) is 16.4. The van der Waals surface area contributed by atoms with E-state index in [4.69, 9.17) is 0 Å². The Balaban J connectivity index is 1.28. The van der Waals surface area contributed by atoms with Crippen molar-refractivity contribution in [1.29, 1.82) is 0 Å². The number of aromatic nitrogens is 1. The van der Waals surface area contributed by atoms with Gasteiger partial charge in [0.2, 0.25) is 10.0 Å². The molecule has 3 aromatic rings. The molecule has 1 amide bonds. The average Bonchev–Trinajstić information content (AvgIpc) is 2.95. The normalized spacial score (nSPS) is 15.3. The summed E-state index contributed by atoms with van der Waals surface area (Å²) in [6.07, 6.45) is 10.2. The molecule has 2 heterocycles. The monoisotopic (exact) mass is 582 g/mol. The number of piperidine rings is 1. The minimum Gasteiger partial charge on any atom is -0.312 e. The van der Waals surface area contributed by atoms with Crippen LogP contribution in [0, 0.1) is 0 Å². The van der Waals surface area contributed by atoms with Gasteiger partial charge in [-0.15, -0.1) is 0 Å². The van der Waals surface area contributed by atoms with E-state index in [1.54, 1.807) is 43.6 Å². The van der Waals surface area contributed by atoms with Crippen molar-refractivity contribution in [2.24, 2.45) is 0 Å². The summed E-state index contributed by atoms with van der Waals surface area (Å²) in [4.78, 5) is 20.9. The van der Waals surface area contributed by atoms with Crippen LogP contribution in [0.2, 0.25) is 0 Å². The summed E-state index contributed by atoms with van der Waals surface area (Å²) >= 11 is 0. The molecule has 2 aromatic carbocycles. The number of carbonyl (C=O) groups is 1. The second-order valence-corrected chi connectivity index (χ2v) is 13.6. The van der Waals surface area contributed by atoms with Gasteiger partial charge in [-0.05, 0) is 92.0 Å². The highest BCUT2D eigenvalue weighted by molar-refractivity contribution is 7.90. The number of rotatable bonds is 10. The van der Waals surface area contributed by atoms with E-state index in [9.17, 15) is 21.6 Å². The molecule has 0 atom stereocenters. The van der Waals surface area contributed by atoms with Crippen LogP contribution in [-0.2, 0) is 31.1 Å². The fourth-order valence-electron chi connectivity index (χ4n) is 4.48. The van der Waals surface area contributed by atoms with E-state index in [2.05, 4.69) is 20.7 Å². The Labute approximate surface area is 236 Å². The number of benzene rings is 2. The summed E-state index contributed by atoms with van der Waals surface area (Å²) in [5.74, 6) is -0.309. The van der Waals surface area contributed by atoms with Gasteiger partial charge in [0.05, 0.1) is 9.79 Å². The number of hydrogen-bond acceptors (Lipinski definition) is 7. The largest absolute Gasteiger partial charge is 0.312 e. The molecular weight excluding hydrogens is 548 g/mol. The molecule has 40 heavy (non-hydrogen) atoms. The summed E-state index contributed by atoms with van der Waals surface area (Å²) < 4.78 is 52.0. The molecule has 9 nitrogen and oxygen atoms in total. The van der Waals surface area contributed by atoms with Crippen LogP contribution >= 0.6 is 0 Å². The van der Waals surface area contributed by atoms with E-state index < -0.39 is 19.9 Å². The number of amides is 1. The Morgan fingerprint density at radius 2 is 1.65 bits per heavy atom. The molecule has 1 aliphatic rings. The van der Waals surface area contributed by atoms with Crippen LogP contribution in [-0.4, -0.2) is 71.6 Å². The van der Waals surface area contributed by atoms with Crippen molar-refractivity contribution in [1.82, 2.24) is 14.6 Å². The lowest BCUT2D eigenvalue weighted by atomic mass is 10.1. The van der Waals surface area contributed by atoms with Crippen molar-refractivity contribution in [3.05, 3.63) is 90.3 Å². The van der Waals surface area contributed by atoms with E-state index in [-0.39, 0.29) is 21.7 Å². The number of pyridine rings is 1. The third-order valence-corrected chi connectivity index (χ3v) is 9.61. The number of nitrogens with zero attached hydrogens (tertiary/aromatic N) is 3. The standard InChI is InChI=1S/C29H34N4O5S2/c1-32(29(34)14-7-23-5-10-27(11-6-23)39(2,35)36)26-8-12-28(13-9-26)40(37,38)31-25-16-20-33(21-17-25)19-15-24-4-3-18-30-22-24/h3-14,18,22,25,31H,15-17,19-21H2,1-2H3. The molecule has 0 aliphatic carbocycles. The Hall–Kier alpha value is -3.38. The third-order valence-electron chi connectivity index (χ3n) is 6.94. The van der Waals surface area contributed by atoms with Gasteiger partial charge in [-0.1, -0.05) is 18.2 Å². The van der Waals surface area contributed by atoms with Crippen LogP contribution in [0.1, 0.15) is 24.0 Å². The van der Waals surface area contributed by atoms with Crippen molar-refractivity contribution in [3.8, 4) is 0 Å². The fourth-order valence-corrected chi connectivity index (χ4v) is 6.41. The van der Waals surface area contributed by atoms with Gasteiger partial charge in [-0.3, -0.25) is 9.78 Å². The van der Waals surface area contributed by atoms with Crippen molar-refractivity contribution in [2.45, 2.75) is 35.1 Å². The van der Waals surface area contributed by atoms with Crippen LogP contribution in [0.5, 0.6) is 0 Å². The van der Waals surface area contributed by atoms with E-state index in [1.165, 1.54) is 40.8 Å². The van der Waals surface area contributed by atoms with Crippen molar-refractivity contribution >= 4 is 37.5 Å². The Morgan fingerprint density at radius 1 is 1.00 bits per heavy atom. The predicted molar refractivity (Wildman–Crippen MR) is 156 cm³/mol. The number of hydrogen-bond donors (Lipinski definition) is 1. The van der Waals surface area contributed by atoms with E-state index in [1.807, 2.05) is 12.3 Å². The van der Waals surface area contributed by atoms with Gasteiger partial charge >= 0.3 is 0 Å². The van der Waals surface area contributed by atoms with Crippen LogP contribution in [0.25, 0.3) is 6.08 Å². The number of sulfonamides is 1. The van der Waals surface area contributed by atoms with E-state index in [0.29, 0.717) is 11.3 Å². The second kappa shape index (κ2) is 12.9. The molecule has 0 spiro atoms. The van der Waals surface area contributed by atoms with Crippen molar-refractivity contribution in [2.75, 3.05) is 37.8 Å². The summed E-state index contributed by atoms with van der Waals surface area (Å²) in [6, 6.07) is 16.3. The highest BCUT2D eigenvalue weighted by Crippen LogP contribution is 2.20. The summed E-state index contributed by atoms with van der Waals surface area (Å²) in [5.41, 5.74) is 2.42. The van der Waals surface area contributed by atoms with Gasteiger partial charge in [0.25, 0.3) is 5.91 Å². The number of anilines is 1. The van der Waals surface area contributed by atoms with Crippen LogP contribution in [0.15, 0.2) is 88.9 Å². The topological polar surface area (TPSA) is 117 Å². The predicted octanol–water partition coefficient (Wildman–Crippen LogP) is 3.15. The van der Waals surface area contributed by atoms with Gasteiger partial charge < -0.3 is 9.80 Å².